The molecule has 1 atom stereocenters. The highest BCUT2D eigenvalue weighted by Crippen LogP contribution is 2.29. The second-order valence-electron chi connectivity index (χ2n) is 8.77. The number of rotatable bonds is 10. The van der Waals surface area contributed by atoms with Gasteiger partial charge < -0.3 is 10.2 Å². The van der Waals surface area contributed by atoms with Crippen molar-refractivity contribution in [2.24, 2.45) is 0 Å². The van der Waals surface area contributed by atoms with E-state index in [4.69, 9.17) is 11.6 Å². The number of nitrogens with zero attached hydrogens (tertiary/aromatic N) is 2. The number of nitrogens with one attached hydrogen (secondary N) is 1. The van der Waals surface area contributed by atoms with Gasteiger partial charge in [0, 0.05) is 18.6 Å². The Hall–Kier alpha value is -3.36. The Bertz CT molecular complexity index is 1360. The fourth-order valence-electron chi connectivity index (χ4n) is 4.12. The van der Waals surface area contributed by atoms with E-state index < -0.39 is 28.5 Å². The van der Waals surface area contributed by atoms with Crippen molar-refractivity contribution in [1.29, 1.82) is 0 Å². The van der Waals surface area contributed by atoms with E-state index in [2.05, 4.69) is 5.32 Å². The fraction of sp³-hybridized carbons (Fsp3) is 0.286. The molecule has 0 aliphatic rings. The average molecular weight is 542 g/mol. The number of carbonyl (C=O) groups is 2. The van der Waals surface area contributed by atoms with Gasteiger partial charge in [-0.05, 0) is 61.2 Å². The van der Waals surface area contributed by atoms with E-state index in [9.17, 15) is 18.0 Å². The molecule has 0 heterocycles. The summed E-state index contributed by atoms with van der Waals surface area (Å²) < 4.78 is 28.8. The average Bonchev–Trinajstić information content (AvgIpc) is 2.89. The van der Waals surface area contributed by atoms with Crippen LogP contribution in [-0.2, 0) is 26.2 Å². The quantitative estimate of drug-likeness (QED) is 0.403. The van der Waals surface area contributed by atoms with E-state index in [1.807, 2.05) is 19.1 Å². The number of anilines is 1. The summed E-state index contributed by atoms with van der Waals surface area (Å²) >= 11 is 6.38. The molecule has 0 aliphatic heterocycles. The van der Waals surface area contributed by atoms with Crippen LogP contribution in [0.15, 0.2) is 77.7 Å². The molecule has 1 N–H and O–H groups in total. The first-order chi connectivity index (χ1) is 17.6. The first-order valence-electron chi connectivity index (χ1n) is 12.0. The summed E-state index contributed by atoms with van der Waals surface area (Å²) in [5, 5.41) is 3.07. The summed E-state index contributed by atoms with van der Waals surface area (Å²) in [6.07, 6.45) is 0.338. The molecule has 0 bridgehead atoms. The molecule has 7 nitrogen and oxygen atoms in total. The summed E-state index contributed by atoms with van der Waals surface area (Å²) in [4.78, 5) is 28.2. The van der Waals surface area contributed by atoms with Gasteiger partial charge in [-0.2, -0.15) is 0 Å². The molecule has 0 radical (unpaired) electrons. The first kappa shape index (κ1) is 28.2. The van der Waals surface area contributed by atoms with Gasteiger partial charge in [-0.15, -0.1) is 0 Å². The molecule has 0 saturated carbocycles. The van der Waals surface area contributed by atoms with Gasteiger partial charge in [-0.25, -0.2) is 8.42 Å². The Morgan fingerprint density at radius 1 is 0.973 bits per heavy atom. The third-order valence-electron chi connectivity index (χ3n) is 6.17. The van der Waals surface area contributed by atoms with Crippen LogP contribution in [-0.4, -0.2) is 44.8 Å². The van der Waals surface area contributed by atoms with Crippen LogP contribution in [0.5, 0.6) is 0 Å². The van der Waals surface area contributed by atoms with Crippen molar-refractivity contribution < 1.29 is 18.0 Å². The number of amides is 2. The van der Waals surface area contributed by atoms with Crippen LogP contribution in [0.25, 0.3) is 0 Å². The van der Waals surface area contributed by atoms with Gasteiger partial charge in [0.1, 0.15) is 12.6 Å². The molecular formula is C28H32ClN3O4S. The smallest absolute Gasteiger partial charge is 0.264 e. The van der Waals surface area contributed by atoms with Crippen LogP contribution in [0.1, 0.15) is 30.0 Å². The number of carbonyl (C=O) groups excluding carboxylic acids is 2. The van der Waals surface area contributed by atoms with Crippen molar-refractivity contribution in [3.8, 4) is 0 Å². The van der Waals surface area contributed by atoms with Crippen LogP contribution in [0, 0.1) is 13.8 Å². The van der Waals surface area contributed by atoms with Crippen LogP contribution < -0.4 is 9.62 Å². The Kier molecular flexibility index (Phi) is 9.34. The highest BCUT2D eigenvalue weighted by Gasteiger charge is 2.34. The first-order valence-corrected chi connectivity index (χ1v) is 13.8. The maximum absolute atomic E-state index is 13.9. The minimum Gasteiger partial charge on any atom is -0.357 e. The molecule has 3 aromatic rings. The normalized spacial score (nSPS) is 12.0. The molecule has 0 spiro atoms. The number of sulfonamides is 1. The molecule has 9 heteroatoms. The van der Waals surface area contributed by atoms with Gasteiger partial charge in [-0.3, -0.25) is 13.9 Å². The van der Waals surface area contributed by atoms with E-state index in [1.165, 1.54) is 24.1 Å². The molecule has 0 unspecified atom stereocenters. The largest absolute Gasteiger partial charge is 0.357 e. The van der Waals surface area contributed by atoms with E-state index in [1.54, 1.807) is 62.4 Å². The van der Waals surface area contributed by atoms with E-state index in [0.717, 1.165) is 9.87 Å². The maximum Gasteiger partial charge on any atom is 0.264 e. The molecule has 3 aromatic carbocycles. The maximum atomic E-state index is 13.9. The predicted molar refractivity (Wildman–Crippen MR) is 147 cm³/mol. The predicted octanol–water partition coefficient (Wildman–Crippen LogP) is 4.71. The summed E-state index contributed by atoms with van der Waals surface area (Å²) in [6.45, 7) is 5.03. The third kappa shape index (κ3) is 6.50. The monoisotopic (exact) mass is 541 g/mol. The summed E-state index contributed by atoms with van der Waals surface area (Å²) in [7, 11) is -2.60. The summed E-state index contributed by atoms with van der Waals surface area (Å²) in [6, 6.07) is 19.7. The highest BCUT2D eigenvalue weighted by molar-refractivity contribution is 7.92. The lowest BCUT2D eigenvalue weighted by molar-refractivity contribution is -0.140. The van der Waals surface area contributed by atoms with E-state index >= 15 is 0 Å². The number of likely N-dealkylation sites (N-methyl/N-ethyl adjacent to an activating group) is 1. The van der Waals surface area contributed by atoms with Crippen molar-refractivity contribution >= 4 is 39.1 Å². The second kappa shape index (κ2) is 12.3. The minimum atomic E-state index is -4.10. The van der Waals surface area contributed by atoms with Crippen molar-refractivity contribution in [3.63, 3.8) is 0 Å². The molecule has 0 saturated heterocycles. The lowest BCUT2D eigenvalue weighted by atomic mass is 10.1. The molecule has 0 aliphatic carbocycles. The van der Waals surface area contributed by atoms with Crippen molar-refractivity contribution in [2.75, 3.05) is 17.9 Å². The van der Waals surface area contributed by atoms with Gasteiger partial charge in [0.2, 0.25) is 11.8 Å². The number of hydrogen-bond acceptors (Lipinski definition) is 4. The minimum absolute atomic E-state index is 0.0520. The standard InChI is InChI=1S/C28H32ClN3O4S/c1-5-25(28(34)30-4)31(18-22-11-9-10-14-24(22)29)27(33)19-32(26-17-20(2)15-16-21(26)3)37(35,36)23-12-7-6-8-13-23/h6-17,25H,5,18-19H2,1-4H3,(H,30,34)/t25-/m1/s1. The number of aryl methyl sites for hydroxylation is 2. The topological polar surface area (TPSA) is 86.8 Å². The molecule has 196 valence electrons. The molecule has 37 heavy (non-hydrogen) atoms. The zero-order valence-electron chi connectivity index (χ0n) is 21.4. The Balaban J connectivity index is 2.11. The molecule has 0 aromatic heterocycles. The second-order valence-corrected chi connectivity index (χ2v) is 11.0. The highest BCUT2D eigenvalue weighted by atomic mass is 35.5. The van der Waals surface area contributed by atoms with Crippen LogP contribution in [0.2, 0.25) is 5.02 Å². The van der Waals surface area contributed by atoms with Gasteiger partial charge in [0.15, 0.2) is 0 Å². The number of halogens is 1. The third-order valence-corrected chi connectivity index (χ3v) is 8.32. The lowest BCUT2D eigenvalue weighted by Crippen LogP contribution is -2.51. The fourth-order valence-corrected chi connectivity index (χ4v) is 5.80. The molecule has 3 rings (SSSR count). The summed E-state index contributed by atoms with van der Waals surface area (Å²) in [5.74, 6) is -0.858. The summed E-state index contributed by atoms with van der Waals surface area (Å²) in [5.41, 5.74) is 2.62. The van der Waals surface area contributed by atoms with Crippen molar-refractivity contribution in [1.82, 2.24) is 10.2 Å². The van der Waals surface area contributed by atoms with E-state index in [-0.39, 0.29) is 17.3 Å². The zero-order chi connectivity index (χ0) is 27.2. The van der Waals surface area contributed by atoms with Crippen LogP contribution in [0.4, 0.5) is 5.69 Å². The molecule has 2 amide bonds. The Morgan fingerprint density at radius 3 is 2.24 bits per heavy atom. The molecule has 0 fully saturated rings. The van der Waals surface area contributed by atoms with E-state index in [0.29, 0.717) is 28.3 Å². The zero-order valence-corrected chi connectivity index (χ0v) is 23.0. The van der Waals surface area contributed by atoms with Crippen molar-refractivity contribution in [2.45, 2.75) is 44.7 Å². The Labute approximate surface area is 224 Å². The van der Waals surface area contributed by atoms with Crippen LogP contribution >= 0.6 is 11.6 Å². The van der Waals surface area contributed by atoms with Crippen molar-refractivity contribution in [3.05, 3.63) is 94.5 Å². The molecular weight excluding hydrogens is 510 g/mol. The van der Waals surface area contributed by atoms with Gasteiger partial charge in [0.25, 0.3) is 10.0 Å². The number of hydrogen-bond donors (Lipinski definition) is 1. The SMILES string of the molecule is CC[C@H](C(=O)NC)N(Cc1ccccc1Cl)C(=O)CN(c1cc(C)ccc1C)S(=O)(=O)c1ccccc1. The number of benzene rings is 3. The van der Waals surface area contributed by atoms with Gasteiger partial charge >= 0.3 is 0 Å². The van der Waals surface area contributed by atoms with Crippen LogP contribution in [0.3, 0.4) is 0 Å². The van der Waals surface area contributed by atoms with Gasteiger partial charge in [-0.1, -0.05) is 67.1 Å². The van der Waals surface area contributed by atoms with Gasteiger partial charge in [0.05, 0.1) is 10.6 Å². The Morgan fingerprint density at radius 2 is 1.62 bits per heavy atom. The lowest BCUT2D eigenvalue weighted by Gasteiger charge is -2.33.